The predicted molar refractivity (Wildman–Crippen MR) is 85.1 cm³/mol. The van der Waals surface area contributed by atoms with Crippen LogP contribution in [-0.4, -0.2) is 38.1 Å². The second-order valence-electron chi connectivity index (χ2n) is 6.78. The van der Waals surface area contributed by atoms with Gasteiger partial charge in [-0.15, -0.1) is 0 Å². The van der Waals surface area contributed by atoms with Gasteiger partial charge in [-0.2, -0.15) is 0 Å². The highest BCUT2D eigenvalue weighted by Crippen LogP contribution is 2.38. The minimum atomic E-state index is 0.547. The van der Waals surface area contributed by atoms with Crippen molar-refractivity contribution in [1.29, 1.82) is 0 Å². The van der Waals surface area contributed by atoms with Crippen molar-refractivity contribution in [3.8, 4) is 0 Å². The topological polar surface area (TPSA) is 15.3 Å². The highest BCUT2D eigenvalue weighted by atomic mass is 15.1. The molecule has 0 atom stereocenters. The van der Waals surface area contributed by atoms with E-state index < -0.39 is 0 Å². The Bertz CT molecular complexity index is 408. The van der Waals surface area contributed by atoms with Gasteiger partial charge >= 0.3 is 0 Å². The van der Waals surface area contributed by atoms with Crippen molar-refractivity contribution >= 4 is 0 Å². The molecule has 1 aromatic rings. The predicted octanol–water partition coefficient (Wildman–Crippen LogP) is 2.87. The molecule has 0 spiro atoms. The molecule has 0 radical (unpaired) electrons. The average Bonchev–Trinajstić information content (AvgIpc) is 2.81. The number of hydrogen-bond acceptors (Lipinski definition) is 2. The normalized spacial score (nSPS) is 22.4. The number of hydrogen-bond donors (Lipinski definition) is 1. The number of rotatable bonds is 4. The smallest absolute Gasteiger partial charge is 0.00504 e. The van der Waals surface area contributed by atoms with Crippen LogP contribution in [0.25, 0.3) is 0 Å². The Morgan fingerprint density at radius 2 is 1.65 bits per heavy atom. The van der Waals surface area contributed by atoms with E-state index in [2.05, 4.69) is 41.5 Å². The van der Waals surface area contributed by atoms with Crippen LogP contribution < -0.4 is 5.32 Å². The third-order valence-corrected chi connectivity index (χ3v) is 5.29. The molecule has 0 aromatic heterocycles. The monoisotopic (exact) mass is 272 g/mol. The van der Waals surface area contributed by atoms with Crippen LogP contribution in [0.4, 0.5) is 0 Å². The van der Waals surface area contributed by atoms with E-state index in [0.717, 1.165) is 0 Å². The summed E-state index contributed by atoms with van der Waals surface area (Å²) in [6.45, 7) is 4.96. The van der Waals surface area contributed by atoms with Gasteiger partial charge in [0, 0.05) is 26.2 Å². The van der Waals surface area contributed by atoms with Crippen molar-refractivity contribution in [2.24, 2.45) is 5.41 Å². The minimum absolute atomic E-state index is 0.547. The molecule has 1 N–H and O–H groups in total. The van der Waals surface area contributed by atoms with Gasteiger partial charge in [0.2, 0.25) is 0 Å². The Balaban J connectivity index is 1.64. The van der Waals surface area contributed by atoms with Crippen LogP contribution in [0.2, 0.25) is 0 Å². The van der Waals surface area contributed by atoms with Gasteiger partial charge in [-0.1, -0.05) is 37.1 Å². The van der Waals surface area contributed by atoms with E-state index >= 15 is 0 Å². The molecule has 110 valence electrons. The fourth-order valence-corrected chi connectivity index (χ4v) is 4.24. The van der Waals surface area contributed by atoms with Gasteiger partial charge < -0.3 is 10.2 Å². The molecule has 1 aromatic carbocycles. The van der Waals surface area contributed by atoms with Gasteiger partial charge in [0.25, 0.3) is 0 Å². The number of nitrogens with one attached hydrogen (secondary N) is 1. The third-order valence-electron chi connectivity index (χ3n) is 5.29. The summed E-state index contributed by atoms with van der Waals surface area (Å²) in [5, 5.41) is 3.45. The maximum Gasteiger partial charge on any atom is 0.00504 e. The fraction of sp³-hybridized carbons (Fsp3) is 0.667. The Labute approximate surface area is 123 Å². The summed E-state index contributed by atoms with van der Waals surface area (Å²) in [6, 6.07) is 9.01. The second-order valence-corrected chi connectivity index (χ2v) is 6.78. The molecule has 2 aliphatic rings. The molecule has 1 heterocycles. The van der Waals surface area contributed by atoms with Gasteiger partial charge in [-0.3, -0.25) is 0 Å². The van der Waals surface area contributed by atoms with Gasteiger partial charge in [-0.25, -0.2) is 0 Å². The molecular weight excluding hydrogens is 244 g/mol. The van der Waals surface area contributed by atoms with Crippen LogP contribution in [-0.2, 0) is 12.8 Å². The van der Waals surface area contributed by atoms with Crippen LogP contribution >= 0.6 is 0 Å². The van der Waals surface area contributed by atoms with Crippen molar-refractivity contribution in [1.82, 2.24) is 10.2 Å². The average molecular weight is 272 g/mol. The first kappa shape index (κ1) is 14.1. The first-order valence-corrected chi connectivity index (χ1v) is 8.25. The zero-order valence-electron chi connectivity index (χ0n) is 12.8. The van der Waals surface area contributed by atoms with E-state index in [4.69, 9.17) is 0 Å². The number of benzene rings is 1. The lowest BCUT2D eigenvalue weighted by Gasteiger charge is -2.35. The highest BCUT2D eigenvalue weighted by molar-refractivity contribution is 5.28. The lowest BCUT2D eigenvalue weighted by Crippen LogP contribution is -2.42. The molecular formula is C18H28N2. The first-order valence-electron chi connectivity index (χ1n) is 8.25. The van der Waals surface area contributed by atoms with Crippen molar-refractivity contribution in [2.75, 3.05) is 33.2 Å². The lowest BCUT2D eigenvalue weighted by molar-refractivity contribution is 0.155. The molecule has 0 unspecified atom stereocenters. The molecule has 2 nitrogen and oxygen atoms in total. The SMILES string of the molecule is CNCC1(CN2CCc3ccccc3CC2)CCCC1. The summed E-state index contributed by atoms with van der Waals surface area (Å²) in [5.41, 5.74) is 3.69. The van der Waals surface area contributed by atoms with E-state index in [0.29, 0.717) is 5.41 Å². The Kier molecular flexibility index (Phi) is 4.42. The molecule has 1 saturated carbocycles. The Morgan fingerprint density at radius 3 is 2.20 bits per heavy atom. The number of fused-ring (bicyclic) bond motifs is 1. The minimum Gasteiger partial charge on any atom is -0.319 e. The van der Waals surface area contributed by atoms with Gasteiger partial charge in [0.1, 0.15) is 0 Å². The van der Waals surface area contributed by atoms with Crippen LogP contribution in [0.1, 0.15) is 36.8 Å². The van der Waals surface area contributed by atoms with E-state index in [1.807, 2.05) is 0 Å². The highest BCUT2D eigenvalue weighted by Gasteiger charge is 2.35. The molecule has 1 fully saturated rings. The Hall–Kier alpha value is -0.860. The van der Waals surface area contributed by atoms with Crippen molar-refractivity contribution in [2.45, 2.75) is 38.5 Å². The fourth-order valence-electron chi connectivity index (χ4n) is 4.24. The zero-order chi connectivity index (χ0) is 13.8. The largest absolute Gasteiger partial charge is 0.319 e. The molecule has 1 aliphatic carbocycles. The van der Waals surface area contributed by atoms with Crippen molar-refractivity contribution in [3.63, 3.8) is 0 Å². The number of nitrogens with zero attached hydrogens (tertiary/aromatic N) is 1. The van der Waals surface area contributed by atoms with Crippen LogP contribution in [0, 0.1) is 5.41 Å². The van der Waals surface area contributed by atoms with Crippen molar-refractivity contribution in [3.05, 3.63) is 35.4 Å². The maximum atomic E-state index is 3.45. The summed E-state index contributed by atoms with van der Waals surface area (Å²) in [5.74, 6) is 0. The molecule has 2 heteroatoms. The summed E-state index contributed by atoms with van der Waals surface area (Å²) in [7, 11) is 2.11. The second kappa shape index (κ2) is 6.28. The summed E-state index contributed by atoms with van der Waals surface area (Å²) < 4.78 is 0. The maximum absolute atomic E-state index is 3.45. The van der Waals surface area contributed by atoms with E-state index in [9.17, 15) is 0 Å². The zero-order valence-corrected chi connectivity index (χ0v) is 12.8. The summed E-state index contributed by atoms with van der Waals surface area (Å²) in [4.78, 5) is 2.72. The molecule has 20 heavy (non-hydrogen) atoms. The third kappa shape index (κ3) is 3.07. The molecule has 0 amide bonds. The van der Waals surface area contributed by atoms with Gasteiger partial charge in [-0.05, 0) is 49.3 Å². The van der Waals surface area contributed by atoms with Crippen LogP contribution in [0.3, 0.4) is 0 Å². The van der Waals surface area contributed by atoms with E-state index in [-0.39, 0.29) is 0 Å². The van der Waals surface area contributed by atoms with E-state index in [1.165, 1.54) is 64.7 Å². The summed E-state index contributed by atoms with van der Waals surface area (Å²) >= 11 is 0. The van der Waals surface area contributed by atoms with Crippen LogP contribution in [0.15, 0.2) is 24.3 Å². The molecule has 1 aliphatic heterocycles. The molecule has 0 bridgehead atoms. The standard InChI is InChI=1S/C18H28N2/c1-19-14-18(10-4-5-11-18)15-20-12-8-16-6-2-3-7-17(16)9-13-20/h2-3,6-7,19H,4-5,8-15H2,1H3. The van der Waals surface area contributed by atoms with E-state index in [1.54, 1.807) is 11.1 Å². The van der Waals surface area contributed by atoms with Crippen molar-refractivity contribution < 1.29 is 0 Å². The first-order chi connectivity index (χ1) is 9.81. The van der Waals surface area contributed by atoms with Gasteiger partial charge in [0.15, 0.2) is 0 Å². The van der Waals surface area contributed by atoms with Crippen LogP contribution in [0.5, 0.6) is 0 Å². The molecule has 0 saturated heterocycles. The lowest BCUT2D eigenvalue weighted by atomic mass is 9.85. The van der Waals surface area contributed by atoms with Gasteiger partial charge in [0.05, 0.1) is 0 Å². The molecule has 3 rings (SSSR count). The summed E-state index contributed by atoms with van der Waals surface area (Å²) in [6.07, 6.45) is 8.14. The Morgan fingerprint density at radius 1 is 1.05 bits per heavy atom. The quantitative estimate of drug-likeness (QED) is 0.906.